The highest BCUT2D eigenvalue weighted by Crippen LogP contribution is 2.43. The normalized spacial score (nSPS) is 25.7. The maximum atomic E-state index is 12.9. The number of methoxy groups -OCH3 is 2. The number of benzene rings is 1. The highest BCUT2D eigenvalue weighted by Gasteiger charge is 2.40. The van der Waals surface area contributed by atoms with Gasteiger partial charge in [-0.25, -0.2) is 0 Å². The van der Waals surface area contributed by atoms with Gasteiger partial charge in [0.15, 0.2) is 11.5 Å². The molecular formula is C19H26FNO4. The fourth-order valence-corrected chi connectivity index (χ4v) is 4.18. The van der Waals surface area contributed by atoms with Gasteiger partial charge in [0.25, 0.3) is 0 Å². The second kappa shape index (κ2) is 7.60. The molecule has 6 heteroatoms. The van der Waals surface area contributed by atoms with Gasteiger partial charge in [0, 0.05) is 38.4 Å². The van der Waals surface area contributed by atoms with Crippen LogP contribution in [-0.4, -0.2) is 51.0 Å². The van der Waals surface area contributed by atoms with Crippen LogP contribution in [0.4, 0.5) is 4.39 Å². The number of rotatable bonds is 5. The van der Waals surface area contributed by atoms with Crippen molar-refractivity contribution in [2.24, 2.45) is 5.92 Å². The van der Waals surface area contributed by atoms with Gasteiger partial charge < -0.3 is 14.2 Å². The molecule has 138 valence electrons. The van der Waals surface area contributed by atoms with E-state index in [9.17, 15) is 9.18 Å². The summed E-state index contributed by atoms with van der Waals surface area (Å²) >= 11 is 0. The van der Waals surface area contributed by atoms with Gasteiger partial charge in [0.1, 0.15) is 6.10 Å². The lowest BCUT2D eigenvalue weighted by atomic mass is 9.80. The van der Waals surface area contributed by atoms with Crippen LogP contribution < -0.4 is 9.47 Å². The van der Waals surface area contributed by atoms with Gasteiger partial charge in [-0.1, -0.05) is 0 Å². The van der Waals surface area contributed by atoms with Crippen molar-refractivity contribution in [1.29, 1.82) is 0 Å². The molecular weight excluding hydrogens is 324 g/mol. The first-order chi connectivity index (χ1) is 12.1. The van der Waals surface area contributed by atoms with Gasteiger partial charge in [-0.15, -0.1) is 0 Å². The monoisotopic (exact) mass is 350 g/mol. The third-order valence-electron chi connectivity index (χ3n) is 5.36. The molecule has 1 saturated heterocycles. The molecule has 0 aromatic heterocycles. The quantitative estimate of drug-likeness (QED) is 0.764. The minimum Gasteiger partial charge on any atom is -0.493 e. The fraction of sp³-hybridized carbons (Fsp3) is 0.632. The smallest absolute Gasteiger partial charge is 0.302 e. The number of halogens is 1. The third kappa shape index (κ3) is 3.59. The van der Waals surface area contributed by atoms with Crippen LogP contribution in [0.15, 0.2) is 12.1 Å². The van der Waals surface area contributed by atoms with Crippen molar-refractivity contribution in [3.05, 3.63) is 23.3 Å². The topological polar surface area (TPSA) is 48.0 Å². The summed E-state index contributed by atoms with van der Waals surface area (Å²) in [5.41, 5.74) is 2.43. The summed E-state index contributed by atoms with van der Waals surface area (Å²) in [6.07, 6.45) is 1.80. The molecule has 0 spiro atoms. The van der Waals surface area contributed by atoms with Crippen molar-refractivity contribution in [1.82, 2.24) is 4.90 Å². The number of carbonyl (C=O) groups is 1. The SMILES string of the molecule is COc1cc2c(cc1OC)[C@H]1C[C@@H](OC(C)=O)[C@H](CC[18F])CN1CC2. The van der Waals surface area contributed by atoms with Crippen LogP contribution in [0.3, 0.4) is 0 Å². The lowest BCUT2D eigenvalue weighted by Gasteiger charge is -2.46. The Kier molecular flexibility index (Phi) is 5.47. The van der Waals surface area contributed by atoms with Gasteiger partial charge in [-0.2, -0.15) is 0 Å². The number of alkyl halides is 1. The van der Waals surface area contributed by atoms with Crippen molar-refractivity contribution in [3.63, 3.8) is 0 Å². The van der Waals surface area contributed by atoms with Crippen LogP contribution in [0.1, 0.15) is 36.9 Å². The lowest BCUT2D eigenvalue weighted by molar-refractivity contribution is -0.154. The number of hydrogen-bond donors (Lipinski definition) is 0. The Balaban J connectivity index is 1.91. The van der Waals surface area contributed by atoms with Gasteiger partial charge in [0.2, 0.25) is 0 Å². The maximum absolute atomic E-state index is 12.9. The molecule has 0 saturated carbocycles. The predicted molar refractivity (Wildman–Crippen MR) is 91.8 cm³/mol. The Morgan fingerprint density at radius 2 is 2.00 bits per heavy atom. The van der Waals surface area contributed by atoms with Gasteiger partial charge in [-0.3, -0.25) is 14.1 Å². The first kappa shape index (κ1) is 18.0. The average Bonchev–Trinajstić information content (AvgIpc) is 2.60. The van der Waals surface area contributed by atoms with Crippen LogP contribution in [0.25, 0.3) is 0 Å². The highest BCUT2D eigenvalue weighted by atomic mass is 18.2. The predicted octanol–water partition coefficient (Wildman–Crippen LogP) is 2.91. The molecule has 25 heavy (non-hydrogen) atoms. The highest BCUT2D eigenvalue weighted by molar-refractivity contribution is 5.66. The maximum Gasteiger partial charge on any atom is 0.302 e. The molecule has 3 atom stereocenters. The van der Waals surface area contributed by atoms with Crippen LogP contribution >= 0.6 is 0 Å². The van der Waals surface area contributed by atoms with E-state index >= 15 is 0 Å². The molecule has 1 aromatic rings. The second-order valence-electron chi connectivity index (χ2n) is 6.79. The van der Waals surface area contributed by atoms with E-state index in [2.05, 4.69) is 4.90 Å². The van der Waals surface area contributed by atoms with Crippen LogP contribution in [0, 0.1) is 5.92 Å². The Labute approximate surface area is 148 Å². The number of carbonyl (C=O) groups excluding carboxylic acids is 1. The molecule has 0 amide bonds. The molecule has 0 N–H and O–H groups in total. The summed E-state index contributed by atoms with van der Waals surface area (Å²) in [7, 11) is 3.27. The largest absolute Gasteiger partial charge is 0.493 e. The molecule has 2 aliphatic rings. The Morgan fingerprint density at radius 3 is 2.64 bits per heavy atom. The van der Waals surface area contributed by atoms with Crippen molar-refractivity contribution >= 4 is 5.97 Å². The third-order valence-corrected chi connectivity index (χ3v) is 5.36. The number of esters is 1. The molecule has 1 aromatic carbocycles. The molecule has 1 fully saturated rings. The van der Waals surface area contributed by atoms with Gasteiger partial charge in [0.05, 0.1) is 20.9 Å². The fourth-order valence-electron chi connectivity index (χ4n) is 4.18. The molecule has 0 radical (unpaired) electrons. The zero-order valence-electron chi connectivity index (χ0n) is 15.1. The van der Waals surface area contributed by atoms with Crippen LogP contribution in [0.2, 0.25) is 0 Å². The summed E-state index contributed by atoms with van der Waals surface area (Å²) in [6.45, 7) is 2.70. The van der Waals surface area contributed by atoms with E-state index in [1.165, 1.54) is 18.1 Å². The molecule has 5 nitrogen and oxygen atoms in total. The standard InChI is InChI=1S/C19H26FNO4/c1-12(22)25-17-10-16-15-9-19(24-3)18(23-2)8-13(15)5-7-21(16)11-14(17)4-6-20/h8-9,14,16-17H,4-7,10-11H2,1-3H3/t14-,16-,17-/m1/s1/i20-1. The molecule has 2 heterocycles. The van der Waals surface area contributed by atoms with Crippen LogP contribution in [-0.2, 0) is 16.0 Å². The van der Waals surface area contributed by atoms with E-state index in [0.717, 1.165) is 25.3 Å². The summed E-state index contributed by atoms with van der Waals surface area (Å²) in [5, 5.41) is 0. The summed E-state index contributed by atoms with van der Waals surface area (Å²) in [6, 6.07) is 4.23. The van der Waals surface area contributed by atoms with Crippen molar-refractivity contribution in [2.45, 2.75) is 38.3 Å². The number of fused-ring (bicyclic) bond motifs is 3. The number of nitrogens with zero attached hydrogens (tertiary/aromatic N) is 1. The zero-order valence-corrected chi connectivity index (χ0v) is 15.1. The van der Waals surface area contributed by atoms with Crippen molar-refractivity contribution < 1.29 is 23.4 Å². The molecule has 0 aliphatic carbocycles. The van der Waals surface area contributed by atoms with E-state index in [4.69, 9.17) is 14.2 Å². The van der Waals surface area contributed by atoms with E-state index < -0.39 is 0 Å². The Bertz CT molecular complexity index is 636. The second-order valence-corrected chi connectivity index (χ2v) is 6.79. The molecule has 2 aliphatic heterocycles. The summed E-state index contributed by atoms with van der Waals surface area (Å²) < 4.78 is 29.3. The lowest BCUT2D eigenvalue weighted by Crippen LogP contribution is -2.49. The number of hydrogen-bond acceptors (Lipinski definition) is 5. The Hall–Kier alpha value is -1.82. The van der Waals surface area contributed by atoms with Gasteiger partial charge in [-0.05, 0) is 36.1 Å². The summed E-state index contributed by atoms with van der Waals surface area (Å²) in [5.74, 6) is 1.19. The van der Waals surface area contributed by atoms with E-state index in [1.807, 2.05) is 12.1 Å². The van der Waals surface area contributed by atoms with Crippen molar-refractivity contribution in [3.8, 4) is 11.5 Å². The minimum atomic E-state index is -0.386. The summed E-state index contributed by atoms with van der Waals surface area (Å²) in [4.78, 5) is 13.9. The van der Waals surface area contributed by atoms with Crippen molar-refractivity contribution in [2.75, 3.05) is 34.0 Å². The minimum absolute atomic E-state index is 0.0480. The zero-order chi connectivity index (χ0) is 18.0. The van der Waals surface area contributed by atoms with Crippen LogP contribution in [0.5, 0.6) is 11.5 Å². The molecule has 0 unspecified atom stereocenters. The van der Waals surface area contributed by atoms with Gasteiger partial charge >= 0.3 is 5.97 Å². The Morgan fingerprint density at radius 1 is 1.28 bits per heavy atom. The number of piperidine rings is 1. The average molecular weight is 350 g/mol. The van der Waals surface area contributed by atoms with E-state index in [-0.39, 0.29) is 30.7 Å². The van der Waals surface area contributed by atoms with E-state index in [0.29, 0.717) is 18.6 Å². The van der Waals surface area contributed by atoms with E-state index in [1.54, 1.807) is 14.2 Å². The molecule has 0 bridgehead atoms. The number of ether oxygens (including phenoxy) is 3. The molecule has 3 rings (SSSR count). The first-order valence-electron chi connectivity index (χ1n) is 8.79. The first-order valence-corrected chi connectivity index (χ1v) is 8.79.